The molecule has 2 fully saturated rings. The molecular formula is C9H11NO3S. The second-order valence-corrected chi connectivity index (χ2v) is 6.13. The molecule has 76 valence electrons. The lowest BCUT2D eigenvalue weighted by Gasteiger charge is -2.37. The molecule has 0 radical (unpaired) electrons. The highest BCUT2D eigenvalue weighted by atomic mass is 32.2. The molecule has 1 N–H and O–H groups in total. The van der Waals surface area contributed by atoms with Crippen LogP contribution in [0.3, 0.4) is 0 Å². The Morgan fingerprint density at radius 2 is 1.86 bits per heavy atom. The van der Waals surface area contributed by atoms with Crippen molar-refractivity contribution in [3.8, 4) is 0 Å². The molecule has 1 aliphatic heterocycles. The number of amides is 1. The lowest BCUT2D eigenvalue weighted by Crippen LogP contribution is -2.42. The van der Waals surface area contributed by atoms with Gasteiger partial charge in [-0.05, 0) is 24.7 Å². The summed E-state index contributed by atoms with van der Waals surface area (Å²) in [6.07, 6.45) is 5.82. The van der Waals surface area contributed by atoms with Gasteiger partial charge in [0.2, 0.25) is 15.9 Å². The number of fused-ring (bicyclic) bond motifs is 1. The first-order chi connectivity index (χ1) is 6.59. The van der Waals surface area contributed by atoms with E-state index in [1.807, 2.05) is 12.2 Å². The lowest BCUT2D eigenvalue weighted by atomic mass is 9.68. The molecule has 1 heterocycles. The fraction of sp³-hybridized carbons (Fsp3) is 0.667. The van der Waals surface area contributed by atoms with Crippen LogP contribution in [0.1, 0.15) is 12.8 Å². The van der Waals surface area contributed by atoms with Gasteiger partial charge in [0, 0.05) is 0 Å². The Balaban J connectivity index is 2.15. The van der Waals surface area contributed by atoms with Crippen LogP contribution in [0, 0.1) is 17.8 Å². The molecule has 1 amide bonds. The van der Waals surface area contributed by atoms with Crippen molar-refractivity contribution in [2.24, 2.45) is 17.8 Å². The average Bonchev–Trinajstić information content (AvgIpc) is 2.41. The Kier molecular flexibility index (Phi) is 1.45. The monoisotopic (exact) mass is 213 g/mol. The van der Waals surface area contributed by atoms with Gasteiger partial charge in [0.1, 0.15) is 0 Å². The predicted octanol–water partition coefficient (Wildman–Crippen LogP) is 0.0268. The average molecular weight is 213 g/mol. The molecule has 0 aromatic heterocycles. The molecule has 4 rings (SSSR count). The zero-order valence-corrected chi connectivity index (χ0v) is 8.33. The molecule has 1 saturated carbocycles. The number of sulfonamides is 1. The quantitative estimate of drug-likeness (QED) is 0.577. The van der Waals surface area contributed by atoms with Gasteiger partial charge in [0.05, 0.1) is 11.2 Å². The summed E-state index contributed by atoms with van der Waals surface area (Å²) in [4.78, 5) is 11.5. The number of hydrogen-bond donors (Lipinski definition) is 1. The predicted molar refractivity (Wildman–Crippen MR) is 49.7 cm³/mol. The van der Waals surface area contributed by atoms with Crippen LogP contribution < -0.4 is 4.72 Å². The first-order valence-electron chi connectivity index (χ1n) is 4.83. The van der Waals surface area contributed by atoms with Crippen LogP contribution in [0.5, 0.6) is 0 Å². The van der Waals surface area contributed by atoms with E-state index in [0.717, 1.165) is 12.8 Å². The van der Waals surface area contributed by atoms with Crippen molar-refractivity contribution in [2.75, 3.05) is 0 Å². The Morgan fingerprint density at radius 1 is 1.21 bits per heavy atom. The van der Waals surface area contributed by atoms with Crippen LogP contribution in [0.4, 0.5) is 0 Å². The summed E-state index contributed by atoms with van der Waals surface area (Å²) in [6.45, 7) is 0. The van der Waals surface area contributed by atoms with Crippen LogP contribution in [-0.4, -0.2) is 19.6 Å². The van der Waals surface area contributed by atoms with Gasteiger partial charge >= 0.3 is 0 Å². The van der Waals surface area contributed by atoms with Gasteiger partial charge in [0.25, 0.3) is 0 Å². The number of carbonyl (C=O) groups excluding carboxylic acids is 1. The van der Waals surface area contributed by atoms with Crippen LogP contribution in [0.25, 0.3) is 0 Å². The molecule has 14 heavy (non-hydrogen) atoms. The number of allylic oxidation sites excluding steroid dienone is 2. The van der Waals surface area contributed by atoms with E-state index in [9.17, 15) is 13.2 Å². The fourth-order valence-electron chi connectivity index (χ4n) is 2.99. The van der Waals surface area contributed by atoms with Gasteiger partial charge in [-0.1, -0.05) is 12.2 Å². The van der Waals surface area contributed by atoms with E-state index in [0.29, 0.717) is 0 Å². The third-order valence-corrected chi connectivity index (χ3v) is 5.43. The van der Waals surface area contributed by atoms with E-state index in [2.05, 4.69) is 4.72 Å². The second-order valence-electron chi connectivity index (χ2n) is 4.29. The van der Waals surface area contributed by atoms with Crippen molar-refractivity contribution >= 4 is 15.9 Å². The molecule has 1 saturated heterocycles. The van der Waals surface area contributed by atoms with Crippen LogP contribution in [0.2, 0.25) is 0 Å². The first kappa shape index (κ1) is 8.47. The summed E-state index contributed by atoms with van der Waals surface area (Å²) in [5.41, 5.74) is 0. The molecular weight excluding hydrogens is 202 g/mol. The Labute approximate surface area is 82.4 Å². The number of hydrogen-bond acceptors (Lipinski definition) is 3. The van der Waals surface area contributed by atoms with Gasteiger partial charge in [-0.2, -0.15) is 0 Å². The minimum Gasteiger partial charge on any atom is -0.274 e. The Bertz CT molecular complexity index is 425. The van der Waals surface area contributed by atoms with E-state index >= 15 is 0 Å². The maximum atomic E-state index is 11.6. The van der Waals surface area contributed by atoms with Crippen molar-refractivity contribution < 1.29 is 13.2 Å². The van der Waals surface area contributed by atoms with Crippen LogP contribution in [0.15, 0.2) is 12.2 Å². The minimum absolute atomic E-state index is 0.0500. The Hall–Kier alpha value is -0.840. The summed E-state index contributed by atoms with van der Waals surface area (Å²) < 4.78 is 25.4. The number of carbonyl (C=O) groups is 1. The lowest BCUT2D eigenvalue weighted by molar-refractivity contribution is -0.124. The summed E-state index contributed by atoms with van der Waals surface area (Å²) in [5.74, 6) is -0.422. The SMILES string of the molecule is O=C1NS(=O)(=O)C2C3C=CC(CC3)C12. The fourth-order valence-corrected chi connectivity index (χ4v) is 4.94. The maximum Gasteiger partial charge on any atom is 0.239 e. The molecule has 4 nitrogen and oxygen atoms in total. The summed E-state index contributed by atoms with van der Waals surface area (Å²) in [6, 6.07) is 0. The van der Waals surface area contributed by atoms with E-state index in [4.69, 9.17) is 0 Å². The maximum absolute atomic E-state index is 11.6. The van der Waals surface area contributed by atoms with E-state index in [1.165, 1.54) is 0 Å². The molecule has 2 bridgehead atoms. The molecule has 5 heteroatoms. The molecule has 0 aromatic rings. The third-order valence-electron chi connectivity index (χ3n) is 3.58. The summed E-state index contributed by atoms with van der Waals surface area (Å²) in [5, 5.41) is -0.487. The molecule has 4 aliphatic rings. The van der Waals surface area contributed by atoms with Gasteiger partial charge in [0.15, 0.2) is 0 Å². The highest BCUT2D eigenvalue weighted by molar-refractivity contribution is 7.91. The first-order valence-corrected chi connectivity index (χ1v) is 6.38. The molecule has 4 unspecified atom stereocenters. The molecule has 0 spiro atoms. The van der Waals surface area contributed by atoms with Crippen molar-refractivity contribution in [3.63, 3.8) is 0 Å². The largest absolute Gasteiger partial charge is 0.274 e. The molecule has 4 atom stereocenters. The van der Waals surface area contributed by atoms with Crippen molar-refractivity contribution in [2.45, 2.75) is 18.1 Å². The van der Waals surface area contributed by atoms with Crippen molar-refractivity contribution in [1.29, 1.82) is 0 Å². The van der Waals surface area contributed by atoms with E-state index in [-0.39, 0.29) is 23.7 Å². The molecule has 0 aromatic carbocycles. The Morgan fingerprint density at radius 3 is 2.43 bits per heavy atom. The van der Waals surface area contributed by atoms with Crippen LogP contribution in [-0.2, 0) is 14.8 Å². The van der Waals surface area contributed by atoms with Gasteiger partial charge in [-0.3, -0.25) is 9.52 Å². The standard InChI is InChI=1S/C9H11NO3S/c11-9-7-5-1-3-6(4-2-5)8(7)14(12,13)10-9/h1,3,5-8H,2,4H2,(H,10,11). The highest BCUT2D eigenvalue weighted by Crippen LogP contribution is 2.46. The third kappa shape index (κ3) is 0.881. The van der Waals surface area contributed by atoms with Gasteiger partial charge < -0.3 is 0 Å². The minimum atomic E-state index is -3.38. The topological polar surface area (TPSA) is 63.2 Å². The van der Waals surface area contributed by atoms with Gasteiger partial charge in [-0.25, -0.2) is 8.42 Å². The number of rotatable bonds is 0. The van der Waals surface area contributed by atoms with E-state index in [1.54, 1.807) is 0 Å². The number of nitrogens with one attached hydrogen (secondary N) is 1. The summed E-state index contributed by atoms with van der Waals surface area (Å²) in [7, 11) is -3.38. The zero-order valence-electron chi connectivity index (χ0n) is 7.51. The van der Waals surface area contributed by atoms with Crippen molar-refractivity contribution in [1.82, 2.24) is 4.72 Å². The van der Waals surface area contributed by atoms with E-state index < -0.39 is 15.3 Å². The second kappa shape index (κ2) is 2.39. The normalized spacial score (nSPS) is 47.6. The zero-order chi connectivity index (χ0) is 9.92. The summed E-state index contributed by atoms with van der Waals surface area (Å²) >= 11 is 0. The smallest absolute Gasteiger partial charge is 0.239 e. The van der Waals surface area contributed by atoms with Gasteiger partial charge in [-0.15, -0.1) is 0 Å². The van der Waals surface area contributed by atoms with Crippen LogP contribution >= 0.6 is 0 Å². The van der Waals surface area contributed by atoms with Crippen molar-refractivity contribution in [3.05, 3.63) is 12.2 Å². The molecule has 3 aliphatic carbocycles. The highest BCUT2D eigenvalue weighted by Gasteiger charge is 2.56.